The second-order valence-corrected chi connectivity index (χ2v) is 6.74. The van der Waals surface area contributed by atoms with Gasteiger partial charge in [-0.25, -0.2) is 4.98 Å². The number of aromatic nitrogens is 1. The summed E-state index contributed by atoms with van der Waals surface area (Å²) in [7, 11) is 0. The van der Waals surface area contributed by atoms with Gasteiger partial charge in [0.05, 0.1) is 0 Å². The summed E-state index contributed by atoms with van der Waals surface area (Å²) in [5.74, 6) is 1.61. The van der Waals surface area contributed by atoms with Gasteiger partial charge < -0.3 is 5.32 Å². The van der Waals surface area contributed by atoms with E-state index in [1.165, 1.54) is 25.7 Å². The fourth-order valence-corrected chi connectivity index (χ4v) is 3.18. The van der Waals surface area contributed by atoms with Crippen molar-refractivity contribution < 1.29 is 0 Å². The quantitative estimate of drug-likeness (QED) is 0.782. The maximum atomic E-state index is 5.94. The third-order valence-corrected chi connectivity index (χ3v) is 4.14. The van der Waals surface area contributed by atoms with Crippen LogP contribution in [0.4, 0.5) is 5.82 Å². The van der Waals surface area contributed by atoms with Crippen LogP contribution >= 0.6 is 11.6 Å². The minimum absolute atomic E-state index is 0.344. The fraction of sp³-hybridized carbons (Fsp3) is 0.667. The molecule has 2 atom stereocenters. The Labute approximate surface area is 115 Å². The Morgan fingerprint density at radius 3 is 2.61 bits per heavy atom. The van der Waals surface area contributed by atoms with Gasteiger partial charge in [0.1, 0.15) is 11.0 Å². The molecule has 2 unspecified atom stereocenters. The molecule has 0 amide bonds. The standard InChI is InChI=1S/C15H23ClN2/c1-15(2,3)11-7-4-5-8-12(11)17-14-10-6-9-13(16)18-14/h6,9-12H,4-5,7-8H2,1-3H3,(H,17,18). The zero-order valence-electron chi connectivity index (χ0n) is 11.5. The number of nitrogens with one attached hydrogen (secondary N) is 1. The van der Waals surface area contributed by atoms with Crippen LogP contribution in [-0.2, 0) is 0 Å². The van der Waals surface area contributed by atoms with Gasteiger partial charge >= 0.3 is 0 Å². The lowest BCUT2D eigenvalue weighted by Crippen LogP contribution is -2.40. The second-order valence-electron chi connectivity index (χ2n) is 6.35. The molecule has 0 spiro atoms. The van der Waals surface area contributed by atoms with E-state index in [-0.39, 0.29) is 0 Å². The lowest BCUT2D eigenvalue weighted by atomic mass is 9.69. The van der Waals surface area contributed by atoms with Crippen LogP contribution in [0, 0.1) is 11.3 Å². The average molecular weight is 267 g/mol. The van der Waals surface area contributed by atoms with Crippen LogP contribution in [-0.4, -0.2) is 11.0 Å². The molecule has 0 radical (unpaired) electrons. The molecule has 1 aromatic heterocycles. The van der Waals surface area contributed by atoms with Crippen molar-refractivity contribution in [3.8, 4) is 0 Å². The summed E-state index contributed by atoms with van der Waals surface area (Å²) in [6.45, 7) is 7.01. The van der Waals surface area contributed by atoms with E-state index >= 15 is 0 Å². The highest BCUT2D eigenvalue weighted by Crippen LogP contribution is 2.39. The molecule has 1 saturated carbocycles. The molecule has 1 N–H and O–H groups in total. The number of halogens is 1. The molecule has 2 rings (SSSR count). The minimum Gasteiger partial charge on any atom is -0.367 e. The van der Waals surface area contributed by atoms with E-state index < -0.39 is 0 Å². The highest BCUT2D eigenvalue weighted by atomic mass is 35.5. The number of hydrogen-bond donors (Lipinski definition) is 1. The Morgan fingerprint density at radius 2 is 1.94 bits per heavy atom. The smallest absolute Gasteiger partial charge is 0.131 e. The third-order valence-electron chi connectivity index (χ3n) is 3.93. The van der Waals surface area contributed by atoms with Crippen molar-refractivity contribution in [1.82, 2.24) is 4.98 Å². The first-order valence-electron chi connectivity index (χ1n) is 6.86. The van der Waals surface area contributed by atoms with E-state index in [4.69, 9.17) is 11.6 Å². The number of rotatable bonds is 2. The lowest BCUT2D eigenvalue weighted by molar-refractivity contribution is 0.162. The molecule has 1 aliphatic rings. The molecule has 3 heteroatoms. The van der Waals surface area contributed by atoms with Gasteiger partial charge in [0, 0.05) is 6.04 Å². The van der Waals surface area contributed by atoms with Crippen LogP contribution in [0.5, 0.6) is 0 Å². The van der Waals surface area contributed by atoms with Gasteiger partial charge in [-0.2, -0.15) is 0 Å². The van der Waals surface area contributed by atoms with Crippen molar-refractivity contribution >= 4 is 17.4 Å². The maximum absolute atomic E-state index is 5.94. The molecule has 0 saturated heterocycles. The van der Waals surface area contributed by atoms with Crippen LogP contribution in [0.2, 0.25) is 5.15 Å². The lowest BCUT2D eigenvalue weighted by Gasteiger charge is -2.41. The van der Waals surface area contributed by atoms with Crippen LogP contribution in [0.15, 0.2) is 18.2 Å². The molecule has 1 fully saturated rings. The Kier molecular flexibility index (Phi) is 4.16. The van der Waals surface area contributed by atoms with Gasteiger partial charge in [-0.05, 0) is 36.3 Å². The highest BCUT2D eigenvalue weighted by Gasteiger charge is 2.34. The number of pyridine rings is 1. The topological polar surface area (TPSA) is 24.9 Å². The summed E-state index contributed by atoms with van der Waals surface area (Å²) in [6.07, 6.45) is 5.20. The predicted molar refractivity (Wildman–Crippen MR) is 78.1 cm³/mol. The van der Waals surface area contributed by atoms with E-state index in [1.54, 1.807) is 0 Å². The van der Waals surface area contributed by atoms with Gasteiger partial charge in [0.25, 0.3) is 0 Å². The Balaban J connectivity index is 2.10. The number of hydrogen-bond acceptors (Lipinski definition) is 2. The van der Waals surface area contributed by atoms with Crippen molar-refractivity contribution in [2.24, 2.45) is 11.3 Å². The first-order chi connectivity index (χ1) is 8.47. The Morgan fingerprint density at radius 1 is 1.22 bits per heavy atom. The zero-order valence-corrected chi connectivity index (χ0v) is 12.3. The molecular weight excluding hydrogens is 244 g/mol. The first-order valence-corrected chi connectivity index (χ1v) is 7.24. The number of nitrogens with zero attached hydrogens (tertiary/aromatic N) is 1. The van der Waals surface area contributed by atoms with Crippen molar-refractivity contribution in [2.75, 3.05) is 5.32 Å². The fourth-order valence-electron chi connectivity index (χ4n) is 3.02. The molecule has 2 nitrogen and oxygen atoms in total. The summed E-state index contributed by atoms with van der Waals surface area (Å²) < 4.78 is 0. The van der Waals surface area contributed by atoms with E-state index in [0.29, 0.717) is 22.5 Å². The zero-order chi connectivity index (χ0) is 13.2. The van der Waals surface area contributed by atoms with E-state index in [9.17, 15) is 0 Å². The van der Waals surface area contributed by atoms with Gasteiger partial charge in [0.2, 0.25) is 0 Å². The SMILES string of the molecule is CC(C)(C)C1CCCCC1Nc1cccc(Cl)n1. The first kappa shape index (κ1) is 13.7. The summed E-state index contributed by atoms with van der Waals surface area (Å²) in [5, 5.41) is 4.14. The minimum atomic E-state index is 0.344. The van der Waals surface area contributed by atoms with Crippen LogP contribution in [0.1, 0.15) is 46.5 Å². The second kappa shape index (κ2) is 5.48. The van der Waals surface area contributed by atoms with Crippen molar-refractivity contribution in [3.63, 3.8) is 0 Å². The predicted octanol–water partition coefficient (Wildman–Crippen LogP) is 4.75. The molecule has 1 heterocycles. The molecule has 1 aromatic rings. The molecule has 100 valence electrons. The van der Waals surface area contributed by atoms with Crippen LogP contribution in [0.3, 0.4) is 0 Å². The average Bonchev–Trinajstić information content (AvgIpc) is 2.28. The Hall–Kier alpha value is -0.760. The normalized spacial score (nSPS) is 24.9. The van der Waals surface area contributed by atoms with Crippen LogP contribution in [0.25, 0.3) is 0 Å². The maximum Gasteiger partial charge on any atom is 0.131 e. The summed E-state index contributed by atoms with van der Waals surface area (Å²) >= 11 is 5.94. The Bertz CT molecular complexity index is 398. The van der Waals surface area contributed by atoms with Gasteiger partial charge in [0.15, 0.2) is 0 Å². The van der Waals surface area contributed by atoms with Gasteiger partial charge in [-0.1, -0.05) is 51.3 Å². The summed E-state index contributed by atoms with van der Waals surface area (Å²) in [5.41, 5.74) is 0.344. The van der Waals surface area contributed by atoms with E-state index in [2.05, 4.69) is 31.1 Å². The third kappa shape index (κ3) is 3.38. The molecule has 0 aromatic carbocycles. The molecule has 1 aliphatic carbocycles. The van der Waals surface area contributed by atoms with Crippen molar-refractivity contribution in [2.45, 2.75) is 52.5 Å². The molecule has 0 bridgehead atoms. The molecular formula is C15H23ClN2. The van der Waals surface area contributed by atoms with Crippen LogP contribution < -0.4 is 5.32 Å². The van der Waals surface area contributed by atoms with Crippen molar-refractivity contribution in [3.05, 3.63) is 23.4 Å². The van der Waals surface area contributed by atoms with E-state index in [0.717, 1.165) is 5.82 Å². The van der Waals surface area contributed by atoms with Gasteiger partial charge in [-0.15, -0.1) is 0 Å². The molecule has 18 heavy (non-hydrogen) atoms. The highest BCUT2D eigenvalue weighted by molar-refractivity contribution is 6.29. The largest absolute Gasteiger partial charge is 0.367 e. The van der Waals surface area contributed by atoms with Crippen molar-refractivity contribution in [1.29, 1.82) is 0 Å². The number of anilines is 1. The monoisotopic (exact) mass is 266 g/mol. The van der Waals surface area contributed by atoms with E-state index in [1.807, 2.05) is 18.2 Å². The van der Waals surface area contributed by atoms with Gasteiger partial charge in [-0.3, -0.25) is 0 Å². The molecule has 0 aliphatic heterocycles. The summed E-state index contributed by atoms with van der Waals surface area (Å²) in [6, 6.07) is 6.28. The summed E-state index contributed by atoms with van der Waals surface area (Å²) in [4.78, 5) is 4.34.